The summed E-state index contributed by atoms with van der Waals surface area (Å²) in [6, 6.07) is 0.721. The lowest BCUT2D eigenvalue weighted by Crippen LogP contribution is -2.39. The average Bonchev–Trinajstić information content (AvgIpc) is 2.43. The van der Waals surface area contributed by atoms with E-state index in [1.807, 2.05) is 0 Å². The van der Waals surface area contributed by atoms with Gasteiger partial charge in [0, 0.05) is 12.6 Å². The summed E-state index contributed by atoms with van der Waals surface area (Å²) in [5.74, 6) is 0. The quantitative estimate of drug-likeness (QED) is 0.759. The Labute approximate surface area is 94.7 Å². The van der Waals surface area contributed by atoms with Crippen molar-refractivity contribution in [2.45, 2.75) is 70.9 Å². The van der Waals surface area contributed by atoms with Crippen molar-refractivity contribution < 1.29 is 5.11 Å². The maximum atomic E-state index is 9.86. The molecule has 1 aliphatic heterocycles. The fourth-order valence-corrected chi connectivity index (χ4v) is 2.63. The number of likely N-dealkylation sites (tertiary alicyclic amines) is 1. The molecular formula is C13H27NO. The molecule has 0 bridgehead atoms. The third kappa shape index (κ3) is 4.52. The van der Waals surface area contributed by atoms with Crippen LogP contribution >= 0.6 is 0 Å². The van der Waals surface area contributed by atoms with Gasteiger partial charge in [-0.25, -0.2) is 0 Å². The molecule has 1 N–H and O–H groups in total. The van der Waals surface area contributed by atoms with Crippen LogP contribution in [0.4, 0.5) is 0 Å². The first-order valence-corrected chi connectivity index (χ1v) is 6.70. The largest absolute Gasteiger partial charge is 0.392 e. The molecule has 1 aliphatic rings. The second kappa shape index (κ2) is 7.24. The van der Waals surface area contributed by atoms with Crippen LogP contribution in [0.1, 0.15) is 58.8 Å². The lowest BCUT2D eigenvalue weighted by Gasteiger charge is -2.30. The summed E-state index contributed by atoms with van der Waals surface area (Å²) >= 11 is 0. The summed E-state index contributed by atoms with van der Waals surface area (Å²) in [5, 5.41) is 9.86. The molecule has 1 fully saturated rings. The molecule has 2 unspecified atom stereocenters. The van der Waals surface area contributed by atoms with Crippen molar-refractivity contribution in [3.05, 3.63) is 0 Å². The summed E-state index contributed by atoms with van der Waals surface area (Å²) in [7, 11) is 0. The van der Waals surface area contributed by atoms with Crippen molar-refractivity contribution >= 4 is 0 Å². The summed E-state index contributed by atoms with van der Waals surface area (Å²) in [4.78, 5) is 2.52. The maximum absolute atomic E-state index is 9.86. The minimum Gasteiger partial charge on any atom is -0.392 e. The van der Waals surface area contributed by atoms with Gasteiger partial charge in [-0.1, -0.05) is 33.1 Å². The molecule has 2 heteroatoms. The Balaban J connectivity index is 2.40. The molecule has 0 aromatic rings. The van der Waals surface area contributed by atoms with Crippen LogP contribution < -0.4 is 0 Å². The van der Waals surface area contributed by atoms with Crippen molar-refractivity contribution in [1.29, 1.82) is 0 Å². The van der Waals surface area contributed by atoms with E-state index in [1.54, 1.807) is 0 Å². The number of hydrogen-bond donors (Lipinski definition) is 1. The van der Waals surface area contributed by atoms with E-state index < -0.39 is 0 Å². The molecule has 0 aliphatic carbocycles. The SMILES string of the molecule is CCCC(O)CN1CCCCCC1CC. The molecule has 90 valence electrons. The van der Waals surface area contributed by atoms with Crippen molar-refractivity contribution in [2.24, 2.45) is 0 Å². The number of nitrogens with zero attached hydrogens (tertiary/aromatic N) is 1. The molecule has 2 atom stereocenters. The van der Waals surface area contributed by atoms with Crippen LogP contribution in [0, 0.1) is 0 Å². The molecule has 1 saturated heterocycles. The highest BCUT2D eigenvalue weighted by Crippen LogP contribution is 2.19. The first-order chi connectivity index (χ1) is 7.27. The van der Waals surface area contributed by atoms with Crippen molar-refractivity contribution in [2.75, 3.05) is 13.1 Å². The third-order valence-corrected chi connectivity index (χ3v) is 3.54. The van der Waals surface area contributed by atoms with Gasteiger partial charge in [0.15, 0.2) is 0 Å². The highest BCUT2D eigenvalue weighted by atomic mass is 16.3. The van der Waals surface area contributed by atoms with E-state index in [1.165, 1.54) is 38.6 Å². The number of aliphatic hydroxyl groups excluding tert-OH is 1. The molecule has 0 aromatic heterocycles. The lowest BCUT2D eigenvalue weighted by molar-refractivity contribution is 0.0805. The Kier molecular flexibility index (Phi) is 6.26. The molecule has 15 heavy (non-hydrogen) atoms. The van der Waals surface area contributed by atoms with E-state index >= 15 is 0 Å². The number of rotatable bonds is 5. The molecule has 2 nitrogen and oxygen atoms in total. The summed E-state index contributed by atoms with van der Waals surface area (Å²) in [5.41, 5.74) is 0. The Morgan fingerprint density at radius 3 is 2.73 bits per heavy atom. The van der Waals surface area contributed by atoms with Crippen molar-refractivity contribution in [3.63, 3.8) is 0 Å². The van der Waals surface area contributed by atoms with Gasteiger partial charge in [0.25, 0.3) is 0 Å². The zero-order valence-corrected chi connectivity index (χ0v) is 10.4. The van der Waals surface area contributed by atoms with Gasteiger partial charge in [-0.15, -0.1) is 0 Å². The molecular weight excluding hydrogens is 186 g/mol. The van der Waals surface area contributed by atoms with Gasteiger partial charge < -0.3 is 5.11 Å². The summed E-state index contributed by atoms with van der Waals surface area (Å²) in [6.07, 6.45) is 8.56. The Hall–Kier alpha value is -0.0800. The van der Waals surface area contributed by atoms with Gasteiger partial charge in [-0.3, -0.25) is 4.90 Å². The standard InChI is InChI=1S/C13H27NO/c1-3-8-13(15)11-14-10-7-5-6-9-12(14)4-2/h12-13,15H,3-11H2,1-2H3. The predicted octanol–water partition coefficient (Wildman–Crippen LogP) is 2.80. The summed E-state index contributed by atoms with van der Waals surface area (Å²) in [6.45, 7) is 6.50. The van der Waals surface area contributed by atoms with Gasteiger partial charge in [0.1, 0.15) is 0 Å². The maximum Gasteiger partial charge on any atom is 0.0667 e. The lowest BCUT2D eigenvalue weighted by atomic mass is 10.1. The van der Waals surface area contributed by atoms with E-state index in [2.05, 4.69) is 18.7 Å². The molecule has 1 rings (SSSR count). The minimum absolute atomic E-state index is 0.109. The molecule has 1 heterocycles. The zero-order valence-electron chi connectivity index (χ0n) is 10.4. The Bertz CT molecular complexity index is 161. The highest BCUT2D eigenvalue weighted by Gasteiger charge is 2.21. The van der Waals surface area contributed by atoms with E-state index in [4.69, 9.17) is 0 Å². The van der Waals surface area contributed by atoms with Crippen LogP contribution in [0.3, 0.4) is 0 Å². The van der Waals surface area contributed by atoms with Crippen LogP contribution in [0.15, 0.2) is 0 Å². The second-order valence-electron chi connectivity index (χ2n) is 4.85. The van der Waals surface area contributed by atoms with Crippen molar-refractivity contribution in [1.82, 2.24) is 4.90 Å². The molecule has 0 aromatic carbocycles. The van der Waals surface area contributed by atoms with Gasteiger partial charge in [0.2, 0.25) is 0 Å². The topological polar surface area (TPSA) is 23.5 Å². The Morgan fingerprint density at radius 1 is 1.27 bits per heavy atom. The van der Waals surface area contributed by atoms with Gasteiger partial charge in [0.05, 0.1) is 6.10 Å². The van der Waals surface area contributed by atoms with Gasteiger partial charge >= 0.3 is 0 Å². The molecule has 0 amide bonds. The van der Waals surface area contributed by atoms with E-state index in [9.17, 15) is 5.11 Å². The average molecular weight is 213 g/mol. The van der Waals surface area contributed by atoms with Crippen LogP contribution in [-0.4, -0.2) is 35.2 Å². The number of aliphatic hydroxyl groups is 1. The molecule has 0 saturated carbocycles. The van der Waals surface area contributed by atoms with Crippen LogP contribution in [0.25, 0.3) is 0 Å². The van der Waals surface area contributed by atoms with E-state index in [0.29, 0.717) is 0 Å². The van der Waals surface area contributed by atoms with Crippen molar-refractivity contribution in [3.8, 4) is 0 Å². The molecule has 0 spiro atoms. The van der Waals surface area contributed by atoms with Gasteiger partial charge in [-0.05, 0) is 32.2 Å². The zero-order chi connectivity index (χ0) is 11.1. The Morgan fingerprint density at radius 2 is 2.07 bits per heavy atom. The minimum atomic E-state index is -0.109. The predicted molar refractivity (Wildman–Crippen MR) is 65.0 cm³/mol. The van der Waals surface area contributed by atoms with Crippen LogP contribution in [-0.2, 0) is 0 Å². The second-order valence-corrected chi connectivity index (χ2v) is 4.85. The number of β-amino-alcohol motifs (C(OH)–C–C–N with tert-alkyl or cyclic N) is 1. The smallest absolute Gasteiger partial charge is 0.0667 e. The fourth-order valence-electron chi connectivity index (χ4n) is 2.63. The first kappa shape index (κ1) is 13.0. The third-order valence-electron chi connectivity index (χ3n) is 3.54. The van der Waals surface area contributed by atoms with Crippen LogP contribution in [0.5, 0.6) is 0 Å². The van der Waals surface area contributed by atoms with Gasteiger partial charge in [-0.2, -0.15) is 0 Å². The highest BCUT2D eigenvalue weighted by molar-refractivity contribution is 4.76. The number of hydrogen-bond acceptors (Lipinski definition) is 2. The first-order valence-electron chi connectivity index (χ1n) is 6.70. The summed E-state index contributed by atoms with van der Waals surface area (Å²) < 4.78 is 0. The van der Waals surface area contributed by atoms with Crippen LogP contribution in [0.2, 0.25) is 0 Å². The monoisotopic (exact) mass is 213 g/mol. The van der Waals surface area contributed by atoms with E-state index in [0.717, 1.165) is 25.4 Å². The molecule has 0 radical (unpaired) electrons. The fraction of sp³-hybridized carbons (Fsp3) is 1.00. The van der Waals surface area contributed by atoms with E-state index in [-0.39, 0.29) is 6.10 Å². The normalized spacial score (nSPS) is 26.2.